The van der Waals surface area contributed by atoms with Gasteiger partial charge in [0.25, 0.3) is 0 Å². The van der Waals surface area contributed by atoms with Crippen LogP contribution >= 0.6 is 35.3 Å². The fourth-order valence-electron chi connectivity index (χ4n) is 2.14. The van der Waals surface area contributed by atoms with Crippen LogP contribution in [0.4, 0.5) is 4.39 Å². The minimum absolute atomic E-state index is 0. The van der Waals surface area contributed by atoms with Crippen LogP contribution in [-0.2, 0) is 6.54 Å². The van der Waals surface area contributed by atoms with Crippen molar-refractivity contribution in [2.45, 2.75) is 32.9 Å². The fraction of sp³-hybridized carbons (Fsp3) is 0.467. The Morgan fingerprint density at radius 2 is 2.00 bits per heavy atom. The van der Waals surface area contributed by atoms with Gasteiger partial charge in [0.1, 0.15) is 5.82 Å². The predicted octanol–water partition coefficient (Wildman–Crippen LogP) is 5.30. The second-order valence-corrected chi connectivity index (χ2v) is 6.97. The van der Waals surface area contributed by atoms with Crippen LogP contribution in [0, 0.1) is 5.82 Å². The number of thiophene rings is 1. The maximum Gasteiger partial charge on any atom is 0.123 e. The molecule has 0 spiro atoms. The highest BCUT2D eigenvalue weighted by atomic mass is 35.5. The lowest BCUT2D eigenvalue weighted by atomic mass is 10.0. The van der Waals surface area contributed by atoms with E-state index in [-0.39, 0.29) is 23.8 Å². The van der Waals surface area contributed by atoms with Crippen LogP contribution in [0.5, 0.6) is 0 Å². The van der Waals surface area contributed by atoms with Crippen LogP contribution in [-0.4, -0.2) is 22.9 Å². The summed E-state index contributed by atoms with van der Waals surface area (Å²) >= 11 is 7.55. The van der Waals surface area contributed by atoms with Gasteiger partial charge in [0.2, 0.25) is 0 Å². The number of hydrogen-bond acceptors (Lipinski definition) is 2. The maximum atomic E-state index is 13.4. The number of benzene rings is 1. The van der Waals surface area contributed by atoms with Crippen LogP contribution in [0.1, 0.15) is 26.3 Å². The van der Waals surface area contributed by atoms with Crippen molar-refractivity contribution in [3.8, 4) is 0 Å². The molecular weight excluding hydrogens is 316 g/mol. The minimum atomic E-state index is -0.174. The number of nitrogens with zero attached hydrogens (tertiary/aromatic N) is 1. The van der Waals surface area contributed by atoms with E-state index in [1.54, 1.807) is 17.4 Å². The largest absolute Gasteiger partial charge is 0.293 e. The third-order valence-electron chi connectivity index (χ3n) is 3.28. The van der Waals surface area contributed by atoms with Gasteiger partial charge in [-0.15, -0.1) is 35.3 Å². The van der Waals surface area contributed by atoms with E-state index in [1.165, 1.54) is 11.6 Å². The summed E-state index contributed by atoms with van der Waals surface area (Å²) in [5.41, 5.74) is 1.23. The first-order chi connectivity index (χ1) is 8.91. The van der Waals surface area contributed by atoms with Crippen molar-refractivity contribution < 1.29 is 4.39 Å². The molecule has 0 saturated carbocycles. The number of alkyl halides is 1. The normalized spacial score (nSPS) is 11.9. The molecule has 1 aromatic carbocycles. The summed E-state index contributed by atoms with van der Waals surface area (Å²) in [6.07, 6.45) is 0. The van der Waals surface area contributed by atoms with Crippen molar-refractivity contribution in [3.63, 3.8) is 0 Å². The Morgan fingerprint density at radius 1 is 1.30 bits per heavy atom. The molecule has 0 fully saturated rings. The van der Waals surface area contributed by atoms with E-state index in [2.05, 4.69) is 31.1 Å². The van der Waals surface area contributed by atoms with Crippen molar-refractivity contribution in [2.75, 3.05) is 12.4 Å². The van der Waals surface area contributed by atoms with E-state index >= 15 is 0 Å². The number of halogens is 3. The molecule has 0 aliphatic rings. The molecule has 20 heavy (non-hydrogen) atoms. The van der Waals surface area contributed by atoms with Crippen LogP contribution in [0.15, 0.2) is 23.6 Å². The molecule has 0 unspecified atom stereocenters. The predicted molar refractivity (Wildman–Crippen MR) is 89.9 cm³/mol. The lowest BCUT2D eigenvalue weighted by Gasteiger charge is -2.35. The lowest BCUT2D eigenvalue weighted by molar-refractivity contribution is 0.138. The topological polar surface area (TPSA) is 3.24 Å². The Kier molecular flexibility index (Phi) is 6.26. The monoisotopic (exact) mass is 335 g/mol. The highest BCUT2D eigenvalue weighted by molar-refractivity contribution is 7.17. The van der Waals surface area contributed by atoms with E-state index in [0.717, 1.165) is 23.2 Å². The summed E-state index contributed by atoms with van der Waals surface area (Å²) in [4.78, 5) is 2.33. The lowest BCUT2D eigenvalue weighted by Crippen LogP contribution is -2.41. The van der Waals surface area contributed by atoms with Gasteiger partial charge in [0.05, 0.1) is 0 Å². The molecule has 0 aliphatic heterocycles. The van der Waals surface area contributed by atoms with Crippen LogP contribution in [0.3, 0.4) is 0 Å². The Balaban J connectivity index is 0.00000200. The molecule has 0 atom stereocenters. The number of hydrogen-bond donors (Lipinski definition) is 0. The van der Waals surface area contributed by atoms with Crippen molar-refractivity contribution in [1.29, 1.82) is 0 Å². The van der Waals surface area contributed by atoms with Crippen molar-refractivity contribution in [1.82, 2.24) is 4.90 Å². The molecule has 0 bridgehead atoms. The summed E-state index contributed by atoms with van der Waals surface area (Å²) in [5.74, 6) is 0.431. The molecule has 0 saturated heterocycles. The summed E-state index contributed by atoms with van der Waals surface area (Å²) in [6, 6.07) is 4.99. The average Bonchev–Trinajstić information content (AvgIpc) is 2.70. The Bertz CT molecular complexity index is 562. The Labute approximate surface area is 135 Å². The van der Waals surface area contributed by atoms with E-state index < -0.39 is 0 Å². The molecule has 0 radical (unpaired) electrons. The van der Waals surface area contributed by atoms with Gasteiger partial charge in [-0.2, -0.15) is 0 Å². The van der Waals surface area contributed by atoms with E-state index in [0.29, 0.717) is 5.88 Å². The zero-order valence-electron chi connectivity index (χ0n) is 12.0. The SMILES string of the molecule is CC(C)(C)N(CCCl)Cc1csc2ccc(F)cc12.Cl. The molecule has 0 aliphatic carbocycles. The number of rotatable bonds is 4. The first kappa shape index (κ1) is 17.7. The third-order valence-corrected chi connectivity index (χ3v) is 4.46. The summed E-state index contributed by atoms with van der Waals surface area (Å²) < 4.78 is 14.5. The molecule has 0 N–H and O–H groups in total. The second-order valence-electron chi connectivity index (χ2n) is 5.68. The van der Waals surface area contributed by atoms with Gasteiger partial charge in [-0.05, 0) is 55.3 Å². The third kappa shape index (κ3) is 4.08. The van der Waals surface area contributed by atoms with Gasteiger partial charge < -0.3 is 0 Å². The van der Waals surface area contributed by atoms with E-state index in [1.807, 2.05) is 6.07 Å². The average molecular weight is 336 g/mol. The molecule has 2 rings (SSSR count). The molecule has 1 heterocycles. The van der Waals surface area contributed by atoms with Gasteiger partial charge in [-0.1, -0.05) is 0 Å². The second kappa shape index (κ2) is 7.08. The smallest absolute Gasteiger partial charge is 0.123 e. The maximum absolute atomic E-state index is 13.4. The fourth-order valence-corrected chi connectivity index (χ4v) is 3.27. The molecule has 1 nitrogen and oxygen atoms in total. The van der Waals surface area contributed by atoms with Gasteiger partial charge in [0.15, 0.2) is 0 Å². The van der Waals surface area contributed by atoms with Crippen LogP contribution < -0.4 is 0 Å². The van der Waals surface area contributed by atoms with Crippen molar-refractivity contribution in [3.05, 3.63) is 35.0 Å². The molecule has 1 aromatic heterocycles. The summed E-state index contributed by atoms with van der Waals surface area (Å²) in [7, 11) is 0. The van der Waals surface area contributed by atoms with Gasteiger partial charge >= 0.3 is 0 Å². The quantitative estimate of drug-likeness (QED) is 0.685. The van der Waals surface area contributed by atoms with E-state index in [9.17, 15) is 4.39 Å². The Morgan fingerprint density at radius 3 is 2.60 bits per heavy atom. The zero-order chi connectivity index (χ0) is 14.0. The first-order valence-electron chi connectivity index (χ1n) is 6.38. The summed E-state index contributed by atoms with van der Waals surface area (Å²) in [5, 5.41) is 3.14. The van der Waals surface area contributed by atoms with Crippen LogP contribution in [0.2, 0.25) is 0 Å². The van der Waals surface area contributed by atoms with Crippen molar-refractivity contribution >= 4 is 45.4 Å². The van der Waals surface area contributed by atoms with Gasteiger partial charge in [-0.3, -0.25) is 4.90 Å². The number of fused-ring (bicyclic) bond motifs is 1. The summed E-state index contributed by atoms with van der Waals surface area (Å²) in [6.45, 7) is 8.16. The van der Waals surface area contributed by atoms with E-state index in [4.69, 9.17) is 11.6 Å². The molecule has 2 aromatic rings. The molecular formula is C15H20Cl2FNS. The first-order valence-corrected chi connectivity index (χ1v) is 7.80. The molecule has 0 amide bonds. The van der Waals surface area contributed by atoms with Gasteiger partial charge in [0, 0.05) is 29.2 Å². The molecule has 112 valence electrons. The van der Waals surface area contributed by atoms with Gasteiger partial charge in [-0.25, -0.2) is 4.39 Å². The van der Waals surface area contributed by atoms with Crippen molar-refractivity contribution in [2.24, 2.45) is 0 Å². The standard InChI is InChI=1S/C15H19ClFNS.ClH/c1-15(2,3)18(7-6-16)9-11-10-19-14-5-4-12(17)8-13(11)14;/h4-5,8,10H,6-7,9H2,1-3H3;1H. The minimum Gasteiger partial charge on any atom is -0.293 e. The molecule has 5 heteroatoms. The highest BCUT2D eigenvalue weighted by Crippen LogP contribution is 2.29. The zero-order valence-corrected chi connectivity index (χ0v) is 14.3. The van der Waals surface area contributed by atoms with Crippen LogP contribution in [0.25, 0.3) is 10.1 Å². The highest BCUT2D eigenvalue weighted by Gasteiger charge is 2.21. The Hall–Kier alpha value is -0.350.